The fourth-order valence-electron chi connectivity index (χ4n) is 0.971. The van der Waals surface area contributed by atoms with Gasteiger partial charge in [0.2, 0.25) is 5.91 Å². The number of carbonyl (C=O) groups excluding carboxylic acids is 1. The highest BCUT2D eigenvalue weighted by Gasteiger charge is 2.04. The molecule has 0 saturated heterocycles. The quantitative estimate of drug-likeness (QED) is 0.628. The van der Waals surface area contributed by atoms with E-state index in [1.54, 1.807) is 6.26 Å². The van der Waals surface area contributed by atoms with Crippen molar-refractivity contribution in [2.24, 2.45) is 0 Å². The van der Waals surface area contributed by atoms with Crippen LogP contribution in [0.1, 0.15) is 20.3 Å². The van der Waals surface area contributed by atoms with E-state index in [0.29, 0.717) is 18.8 Å². The third-order valence-electron chi connectivity index (χ3n) is 1.82. The average Bonchev–Trinajstić information content (AvgIpc) is 2.12. The topological polar surface area (TPSA) is 58.2 Å². The van der Waals surface area contributed by atoms with Crippen LogP contribution in [0.3, 0.4) is 0 Å². The van der Waals surface area contributed by atoms with E-state index < -0.39 is 10.8 Å². The summed E-state index contributed by atoms with van der Waals surface area (Å²) < 4.78 is 10.8. The number of hydrogen-bond donors (Lipinski definition) is 2. The molecule has 2 atom stereocenters. The Balaban J connectivity index is 3.48. The van der Waals surface area contributed by atoms with Gasteiger partial charge < -0.3 is 10.6 Å². The van der Waals surface area contributed by atoms with E-state index in [1.165, 1.54) is 0 Å². The molecule has 14 heavy (non-hydrogen) atoms. The van der Waals surface area contributed by atoms with Crippen LogP contribution in [0.25, 0.3) is 0 Å². The first-order valence-electron chi connectivity index (χ1n) is 4.86. The molecule has 84 valence electrons. The molecular formula is C9H20N2O2S. The molecule has 0 aliphatic rings. The number of likely N-dealkylation sites (N-methyl/N-ethyl adjacent to an activating group) is 1. The van der Waals surface area contributed by atoms with Gasteiger partial charge in [0.05, 0.1) is 6.54 Å². The van der Waals surface area contributed by atoms with Crippen LogP contribution in [0, 0.1) is 0 Å². The molecule has 2 unspecified atom stereocenters. The molecule has 4 nitrogen and oxygen atoms in total. The lowest BCUT2D eigenvalue weighted by atomic mass is 10.2. The van der Waals surface area contributed by atoms with Crippen molar-refractivity contribution in [2.75, 3.05) is 25.1 Å². The molecule has 2 N–H and O–H groups in total. The monoisotopic (exact) mass is 220 g/mol. The van der Waals surface area contributed by atoms with Gasteiger partial charge in [0, 0.05) is 35.4 Å². The summed E-state index contributed by atoms with van der Waals surface area (Å²) in [6.07, 6.45) is 2.53. The zero-order valence-electron chi connectivity index (χ0n) is 9.13. The molecule has 0 radical (unpaired) electrons. The van der Waals surface area contributed by atoms with Crippen LogP contribution in [0.5, 0.6) is 0 Å². The zero-order chi connectivity index (χ0) is 11.0. The highest BCUT2D eigenvalue weighted by atomic mass is 32.2. The summed E-state index contributed by atoms with van der Waals surface area (Å²) in [4.78, 5) is 11.1. The van der Waals surface area contributed by atoms with Crippen LogP contribution in [-0.2, 0) is 15.6 Å². The summed E-state index contributed by atoms with van der Waals surface area (Å²) in [5.41, 5.74) is 0. The second-order valence-corrected chi connectivity index (χ2v) is 4.86. The molecule has 5 heteroatoms. The van der Waals surface area contributed by atoms with Gasteiger partial charge in [-0.05, 0) is 20.3 Å². The van der Waals surface area contributed by atoms with Gasteiger partial charge in [-0.15, -0.1) is 0 Å². The summed E-state index contributed by atoms with van der Waals surface area (Å²) >= 11 is 0. The summed E-state index contributed by atoms with van der Waals surface area (Å²) in [5.74, 6) is 0.695. The van der Waals surface area contributed by atoms with E-state index >= 15 is 0 Å². The van der Waals surface area contributed by atoms with E-state index in [0.717, 1.165) is 6.42 Å². The van der Waals surface area contributed by atoms with Crippen LogP contribution in [0.15, 0.2) is 0 Å². The normalized spacial score (nSPS) is 14.8. The van der Waals surface area contributed by atoms with Crippen LogP contribution >= 0.6 is 0 Å². The molecule has 0 bridgehead atoms. The molecule has 0 saturated carbocycles. The maximum atomic E-state index is 11.1. The van der Waals surface area contributed by atoms with Gasteiger partial charge in [-0.1, -0.05) is 0 Å². The van der Waals surface area contributed by atoms with Gasteiger partial charge >= 0.3 is 0 Å². The van der Waals surface area contributed by atoms with E-state index in [2.05, 4.69) is 10.6 Å². The zero-order valence-corrected chi connectivity index (χ0v) is 9.95. The fraction of sp³-hybridized carbons (Fsp3) is 0.889. The Morgan fingerprint density at radius 3 is 2.64 bits per heavy atom. The maximum absolute atomic E-state index is 11.1. The first-order valence-corrected chi connectivity index (χ1v) is 6.59. The van der Waals surface area contributed by atoms with Crippen molar-refractivity contribution in [1.82, 2.24) is 10.6 Å². The lowest BCUT2D eigenvalue weighted by Crippen LogP contribution is -2.38. The molecule has 0 aromatic heterocycles. The molecule has 0 spiro atoms. The largest absolute Gasteiger partial charge is 0.355 e. The Kier molecular flexibility index (Phi) is 7.70. The van der Waals surface area contributed by atoms with Crippen molar-refractivity contribution in [3.8, 4) is 0 Å². The molecule has 0 aromatic carbocycles. The molecule has 1 amide bonds. The summed E-state index contributed by atoms with van der Waals surface area (Å²) in [6.45, 7) is 4.88. The lowest BCUT2D eigenvalue weighted by molar-refractivity contribution is -0.120. The number of amides is 1. The van der Waals surface area contributed by atoms with Gasteiger partial charge in [0.25, 0.3) is 0 Å². The van der Waals surface area contributed by atoms with Gasteiger partial charge in [-0.25, -0.2) is 0 Å². The Morgan fingerprint density at radius 2 is 2.14 bits per heavy atom. The van der Waals surface area contributed by atoms with E-state index in [9.17, 15) is 9.00 Å². The van der Waals surface area contributed by atoms with E-state index in [-0.39, 0.29) is 11.9 Å². The standard InChI is InChI=1S/C9H20N2O2S/c1-4-10-9(12)7-11-8(2)5-6-14(3)13/h8,11H,4-7H2,1-3H3,(H,10,12). The van der Waals surface area contributed by atoms with Crippen LogP contribution in [0.4, 0.5) is 0 Å². The SMILES string of the molecule is CCNC(=O)CNC(C)CCS(C)=O. The number of rotatable bonds is 7. The Bertz CT molecular complexity index is 197. The molecule has 0 heterocycles. The predicted molar refractivity (Wildman–Crippen MR) is 59.7 cm³/mol. The highest BCUT2D eigenvalue weighted by Crippen LogP contribution is 1.91. The van der Waals surface area contributed by atoms with E-state index in [4.69, 9.17) is 0 Å². The van der Waals surface area contributed by atoms with Crippen LogP contribution in [0.2, 0.25) is 0 Å². The smallest absolute Gasteiger partial charge is 0.233 e. The highest BCUT2D eigenvalue weighted by molar-refractivity contribution is 7.84. The minimum atomic E-state index is -0.744. The third-order valence-corrected chi connectivity index (χ3v) is 2.63. The summed E-state index contributed by atoms with van der Waals surface area (Å²) in [5, 5.41) is 5.78. The van der Waals surface area contributed by atoms with Crippen molar-refractivity contribution in [1.29, 1.82) is 0 Å². The van der Waals surface area contributed by atoms with Crippen molar-refractivity contribution >= 4 is 16.7 Å². The molecule has 0 aromatic rings. The Morgan fingerprint density at radius 1 is 1.50 bits per heavy atom. The van der Waals surface area contributed by atoms with Crippen LogP contribution < -0.4 is 10.6 Å². The number of carbonyl (C=O) groups is 1. The second-order valence-electron chi connectivity index (χ2n) is 3.30. The Hall–Kier alpha value is -0.420. The predicted octanol–water partition coefficient (Wildman–Crippen LogP) is -0.131. The molecule has 0 fully saturated rings. The first kappa shape index (κ1) is 13.6. The average molecular weight is 220 g/mol. The molecule has 0 aliphatic carbocycles. The minimum Gasteiger partial charge on any atom is -0.355 e. The second kappa shape index (κ2) is 7.94. The van der Waals surface area contributed by atoms with E-state index in [1.807, 2.05) is 13.8 Å². The van der Waals surface area contributed by atoms with Gasteiger partial charge in [-0.3, -0.25) is 9.00 Å². The Labute approximate surface area is 88.3 Å². The van der Waals surface area contributed by atoms with Gasteiger partial charge in [0.1, 0.15) is 0 Å². The summed E-state index contributed by atoms with van der Waals surface area (Å²) in [7, 11) is -0.744. The van der Waals surface area contributed by atoms with Gasteiger partial charge in [0.15, 0.2) is 0 Å². The maximum Gasteiger partial charge on any atom is 0.233 e. The van der Waals surface area contributed by atoms with Crippen molar-refractivity contribution in [3.63, 3.8) is 0 Å². The molecule has 0 aliphatic heterocycles. The lowest BCUT2D eigenvalue weighted by Gasteiger charge is -2.12. The molecular weight excluding hydrogens is 200 g/mol. The minimum absolute atomic E-state index is 0.0111. The van der Waals surface area contributed by atoms with Crippen molar-refractivity contribution in [2.45, 2.75) is 26.3 Å². The molecule has 0 rings (SSSR count). The van der Waals surface area contributed by atoms with Crippen molar-refractivity contribution < 1.29 is 9.00 Å². The first-order chi connectivity index (χ1) is 6.56. The number of nitrogens with one attached hydrogen (secondary N) is 2. The van der Waals surface area contributed by atoms with Gasteiger partial charge in [-0.2, -0.15) is 0 Å². The third kappa shape index (κ3) is 8.19. The summed E-state index contributed by atoms with van der Waals surface area (Å²) in [6, 6.07) is 0.238. The van der Waals surface area contributed by atoms with Crippen molar-refractivity contribution in [3.05, 3.63) is 0 Å². The fourth-order valence-corrected chi connectivity index (χ4v) is 1.66. The number of hydrogen-bond acceptors (Lipinski definition) is 3. The van der Waals surface area contributed by atoms with Crippen LogP contribution in [-0.4, -0.2) is 41.3 Å².